The number of ether oxygens (including phenoxy) is 1. The van der Waals surface area contributed by atoms with Crippen LogP contribution < -0.4 is 10.1 Å². The Morgan fingerprint density at radius 3 is 2.48 bits per heavy atom. The zero-order chi connectivity index (χ0) is 23.1. The molecule has 0 bridgehead atoms. The van der Waals surface area contributed by atoms with Crippen molar-refractivity contribution in [2.75, 3.05) is 24.7 Å². The maximum absolute atomic E-state index is 13.6. The molecule has 31 heavy (non-hydrogen) atoms. The first-order valence-electron chi connectivity index (χ1n) is 9.79. The molecule has 0 saturated heterocycles. The van der Waals surface area contributed by atoms with Gasteiger partial charge in [0.15, 0.2) is 17.3 Å². The Morgan fingerprint density at radius 1 is 1.19 bits per heavy atom. The van der Waals surface area contributed by atoms with E-state index in [2.05, 4.69) is 5.32 Å². The molecule has 0 unspecified atom stereocenters. The van der Waals surface area contributed by atoms with Crippen molar-refractivity contribution in [3.63, 3.8) is 0 Å². The van der Waals surface area contributed by atoms with Crippen molar-refractivity contribution in [3.05, 3.63) is 39.8 Å². The molecule has 4 N–H and O–H groups in total. The lowest BCUT2D eigenvalue weighted by atomic mass is 9.70. The van der Waals surface area contributed by atoms with Gasteiger partial charge in [-0.25, -0.2) is 0 Å². The fourth-order valence-electron chi connectivity index (χ4n) is 3.93. The molecular weight excluding hydrogens is 422 g/mol. The highest BCUT2D eigenvalue weighted by molar-refractivity contribution is 7.99. The number of phenols is 2. The van der Waals surface area contributed by atoms with Crippen molar-refractivity contribution >= 4 is 29.1 Å². The van der Waals surface area contributed by atoms with Gasteiger partial charge in [-0.1, -0.05) is 0 Å². The second-order valence-electron chi connectivity index (χ2n) is 7.65. The molecule has 0 aromatic heterocycles. The number of aliphatic hydroxyl groups excluding tert-OH is 1. The molecule has 1 aromatic rings. The number of aliphatic hydroxyl groups is 1. The molecule has 0 amide bonds. The van der Waals surface area contributed by atoms with Gasteiger partial charge >= 0.3 is 0 Å². The smallest absolute Gasteiger partial charge is 0.194 e. The minimum Gasteiger partial charge on any atom is -0.507 e. The van der Waals surface area contributed by atoms with Crippen LogP contribution in [-0.2, 0) is 15.0 Å². The Morgan fingerprint density at radius 2 is 1.87 bits per heavy atom. The second kappa shape index (κ2) is 8.39. The van der Waals surface area contributed by atoms with Gasteiger partial charge in [-0.05, 0) is 27.7 Å². The summed E-state index contributed by atoms with van der Waals surface area (Å²) in [7, 11) is 0. The molecule has 3 rings (SSSR count). The summed E-state index contributed by atoms with van der Waals surface area (Å²) in [4.78, 5) is 38.5. The van der Waals surface area contributed by atoms with Crippen LogP contribution in [0.2, 0.25) is 0 Å². The lowest BCUT2D eigenvalue weighted by Crippen LogP contribution is -2.41. The fraction of sp³-hybridized carbons (Fsp3) is 0.409. The standard InChI is InChI=1S/C22H25NO7S/c1-10-18(27)16(12(3)25)20-17(19(10)28)22(4)14(30-20)9-13(26)15(21(22)29)11(2)23-5-7-31-8-6-24/h9,23-24,27-28H,5-8H2,1-4H3/t22-/m0/s1. The Balaban J connectivity index is 2.10. The summed E-state index contributed by atoms with van der Waals surface area (Å²) in [5, 5.41) is 33.1. The minimum absolute atomic E-state index is 0.00958. The van der Waals surface area contributed by atoms with Crippen LogP contribution in [0.4, 0.5) is 0 Å². The van der Waals surface area contributed by atoms with Crippen molar-refractivity contribution in [1.82, 2.24) is 5.32 Å². The van der Waals surface area contributed by atoms with E-state index in [1.165, 1.54) is 38.6 Å². The predicted molar refractivity (Wildman–Crippen MR) is 116 cm³/mol. The number of thioether (sulfide) groups is 1. The minimum atomic E-state index is -1.51. The monoisotopic (exact) mass is 447 g/mol. The number of ketones is 3. The van der Waals surface area contributed by atoms with E-state index in [1.807, 2.05) is 0 Å². The molecule has 2 aliphatic rings. The van der Waals surface area contributed by atoms with Gasteiger partial charge in [0, 0.05) is 35.4 Å². The molecule has 1 aliphatic heterocycles. The third kappa shape index (κ3) is 3.51. The summed E-state index contributed by atoms with van der Waals surface area (Å²) in [5.41, 5.74) is -1.18. The van der Waals surface area contributed by atoms with Crippen LogP contribution in [0.5, 0.6) is 17.2 Å². The first kappa shape index (κ1) is 22.9. The van der Waals surface area contributed by atoms with Gasteiger partial charge in [0.1, 0.15) is 34.0 Å². The Labute approximate surface area is 184 Å². The van der Waals surface area contributed by atoms with Crippen LogP contribution in [0.15, 0.2) is 23.1 Å². The van der Waals surface area contributed by atoms with Gasteiger partial charge in [-0.2, -0.15) is 11.8 Å². The summed E-state index contributed by atoms with van der Waals surface area (Å²) < 4.78 is 5.73. The normalized spacial score (nSPS) is 21.3. The largest absolute Gasteiger partial charge is 0.507 e. The highest BCUT2D eigenvalue weighted by Gasteiger charge is 2.56. The van der Waals surface area contributed by atoms with Gasteiger partial charge in [-0.3, -0.25) is 14.4 Å². The first-order chi connectivity index (χ1) is 14.6. The van der Waals surface area contributed by atoms with E-state index in [-0.39, 0.29) is 46.1 Å². The summed E-state index contributed by atoms with van der Waals surface area (Å²) in [5.74, 6) is -1.18. The number of hydrogen-bond acceptors (Lipinski definition) is 9. The van der Waals surface area contributed by atoms with Crippen LogP contribution in [0.1, 0.15) is 42.3 Å². The first-order valence-corrected chi connectivity index (χ1v) is 10.9. The number of Topliss-reactive ketones (excluding diaryl/α,β-unsaturated/α-hetero) is 2. The number of aromatic hydroxyl groups is 2. The van der Waals surface area contributed by atoms with Crippen molar-refractivity contribution in [2.24, 2.45) is 0 Å². The number of carbonyl (C=O) groups is 3. The summed E-state index contributed by atoms with van der Waals surface area (Å²) in [6.45, 7) is 6.42. The summed E-state index contributed by atoms with van der Waals surface area (Å²) in [6.07, 6.45) is 1.19. The average molecular weight is 448 g/mol. The Bertz CT molecular complexity index is 1060. The van der Waals surface area contributed by atoms with Crippen LogP contribution in [0.25, 0.3) is 0 Å². The van der Waals surface area contributed by atoms with Gasteiger partial charge in [0.2, 0.25) is 0 Å². The van der Waals surface area contributed by atoms with Crippen LogP contribution >= 0.6 is 11.8 Å². The molecule has 1 atom stereocenters. The fourth-order valence-corrected chi connectivity index (χ4v) is 4.51. The molecule has 0 radical (unpaired) electrons. The number of nitrogens with one attached hydrogen (secondary N) is 1. The quantitative estimate of drug-likeness (QED) is 0.214. The number of allylic oxidation sites excluding steroid dienone is 4. The molecule has 8 nitrogen and oxygen atoms in total. The van der Waals surface area contributed by atoms with E-state index in [1.54, 1.807) is 6.92 Å². The van der Waals surface area contributed by atoms with Gasteiger partial charge < -0.3 is 25.4 Å². The van der Waals surface area contributed by atoms with E-state index < -0.39 is 28.5 Å². The lowest BCUT2D eigenvalue weighted by Gasteiger charge is -2.29. The van der Waals surface area contributed by atoms with E-state index in [0.29, 0.717) is 23.7 Å². The third-order valence-electron chi connectivity index (χ3n) is 5.63. The van der Waals surface area contributed by atoms with Gasteiger partial charge in [0.25, 0.3) is 0 Å². The molecule has 0 saturated carbocycles. The topological polar surface area (TPSA) is 133 Å². The SMILES string of the molecule is CC(=O)c1c(O)c(C)c(O)c2c1OC1=CC(=O)C(=C(C)NCCSCCO)C(=O)[C@@]12C. The van der Waals surface area contributed by atoms with Crippen LogP contribution in [-0.4, -0.2) is 57.3 Å². The number of carbonyl (C=O) groups excluding carboxylic acids is 3. The average Bonchev–Trinajstić information content (AvgIpc) is 2.99. The van der Waals surface area contributed by atoms with Crippen LogP contribution in [0, 0.1) is 6.92 Å². The van der Waals surface area contributed by atoms with Gasteiger partial charge in [-0.15, -0.1) is 0 Å². The number of benzene rings is 1. The van der Waals surface area contributed by atoms with E-state index in [4.69, 9.17) is 9.84 Å². The Hall–Kier alpha value is -2.78. The Kier molecular flexibility index (Phi) is 6.20. The molecule has 0 fully saturated rings. The summed E-state index contributed by atoms with van der Waals surface area (Å²) in [6, 6.07) is 0. The molecule has 0 spiro atoms. The van der Waals surface area contributed by atoms with Crippen molar-refractivity contribution in [3.8, 4) is 17.2 Å². The van der Waals surface area contributed by atoms with Gasteiger partial charge in [0.05, 0.1) is 17.7 Å². The molecule has 1 heterocycles. The molecule has 166 valence electrons. The van der Waals surface area contributed by atoms with E-state index in [0.717, 1.165) is 0 Å². The van der Waals surface area contributed by atoms with Crippen molar-refractivity contribution in [1.29, 1.82) is 0 Å². The number of phenolic OH excluding ortho intramolecular Hbond substituents is 2. The molecule has 1 aliphatic carbocycles. The van der Waals surface area contributed by atoms with E-state index in [9.17, 15) is 24.6 Å². The maximum atomic E-state index is 13.6. The van der Waals surface area contributed by atoms with Crippen LogP contribution in [0.3, 0.4) is 0 Å². The molecular formula is C22H25NO7S. The number of hydrogen-bond donors (Lipinski definition) is 4. The second-order valence-corrected chi connectivity index (χ2v) is 8.87. The highest BCUT2D eigenvalue weighted by Crippen LogP contribution is 2.57. The zero-order valence-electron chi connectivity index (χ0n) is 17.8. The highest BCUT2D eigenvalue weighted by atomic mass is 32.2. The third-order valence-corrected chi connectivity index (χ3v) is 6.60. The zero-order valence-corrected chi connectivity index (χ0v) is 18.6. The van der Waals surface area contributed by atoms with E-state index >= 15 is 0 Å². The lowest BCUT2D eigenvalue weighted by molar-refractivity contribution is -0.123. The van der Waals surface area contributed by atoms with Crippen molar-refractivity contribution < 1.29 is 34.4 Å². The number of rotatable bonds is 7. The van der Waals surface area contributed by atoms with Crippen molar-refractivity contribution in [2.45, 2.75) is 33.1 Å². The predicted octanol–water partition coefficient (Wildman–Crippen LogP) is 1.88. The molecule has 1 aromatic carbocycles. The maximum Gasteiger partial charge on any atom is 0.194 e. The molecule has 9 heteroatoms. The summed E-state index contributed by atoms with van der Waals surface area (Å²) >= 11 is 1.53. The number of fused-ring (bicyclic) bond motifs is 3.